The first-order valence-corrected chi connectivity index (χ1v) is 4.34. The van der Waals surface area contributed by atoms with Gasteiger partial charge in [-0.1, -0.05) is 19.6 Å². The molecule has 3 nitrogen and oxygen atoms in total. The van der Waals surface area contributed by atoms with Crippen molar-refractivity contribution in [3.05, 3.63) is 24.2 Å². The molecule has 0 aromatic carbocycles. The van der Waals surface area contributed by atoms with Crippen LogP contribution in [0.1, 0.15) is 18.3 Å². The first-order chi connectivity index (χ1) is 6.19. The molecular weight excluding hydrogens is 162 g/mol. The number of hydrogen-bond donors (Lipinski definition) is 0. The summed E-state index contributed by atoms with van der Waals surface area (Å²) in [5.41, 5.74) is 0.974. The predicted molar refractivity (Wildman–Crippen MR) is 55.8 cm³/mol. The van der Waals surface area contributed by atoms with Crippen molar-refractivity contribution in [1.29, 1.82) is 0 Å². The van der Waals surface area contributed by atoms with Gasteiger partial charge in [0, 0.05) is 32.3 Å². The first-order valence-electron chi connectivity index (χ1n) is 4.34. The zero-order chi connectivity index (χ0) is 9.84. The second-order valence-electron chi connectivity index (χ2n) is 3.02. The van der Waals surface area contributed by atoms with Crippen LogP contribution in [0.25, 0.3) is 6.08 Å². The van der Waals surface area contributed by atoms with E-state index in [4.69, 9.17) is 0 Å². The molecule has 0 saturated carbocycles. The van der Waals surface area contributed by atoms with E-state index in [-0.39, 0.29) is 0 Å². The lowest BCUT2D eigenvalue weighted by atomic mass is 10.3. The third kappa shape index (κ3) is 2.05. The van der Waals surface area contributed by atoms with Crippen LogP contribution in [-0.2, 0) is 6.42 Å². The SMILES string of the molecule is C=Cc1cnc(CC)nc1N(C)C. The van der Waals surface area contributed by atoms with Crippen LogP contribution in [0.3, 0.4) is 0 Å². The molecule has 0 atom stereocenters. The first kappa shape index (κ1) is 9.71. The highest BCUT2D eigenvalue weighted by Gasteiger charge is 2.04. The van der Waals surface area contributed by atoms with E-state index in [1.54, 1.807) is 6.08 Å². The second-order valence-corrected chi connectivity index (χ2v) is 3.02. The summed E-state index contributed by atoms with van der Waals surface area (Å²) in [6.07, 6.45) is 4.45. The maximum absolute atomic E-state index is 4.41. The fraction of sp³-hybridized carbons (Fsp3) is 0.400. The van der Waals surface area contributed by atoms with Crippen LogP contribution in [0, 0.1) is 0 Å². The Morgan fingerprint density at radius 1 is 1.54 bits per heavy atom. The van der Waals surface area contributed by atoms with Crippen LogP contribution in [-0.4, -0.2) is 24.1 Å². The van der Waals surface area contributed by atoms with E-state index in [2.05, 4.69) is 16.5 Å². The van der Waals surface area contributed by atoms with E-state index >= 15 is 0 Å². The van der Waals surface area contributed by atoms with Crippen LogP contribution in [0.2, 0.25) is 0 Å². The van der Waals surface area contributed by atoms with Crippen molar-refractivity contribution in [2.75, 3.05) is 19.0 Å². The average molecular weight is 177 g/mol. The van der Waals surface area contributed by atoms with Crippen molar-refractivity contribution < 1.29 is 0 Å². The van der Waals surface area contributed by atoms with Gasteiger partial charge in [0.2, 0.25) is 0 Å². The molecule has 0 spiro atoms. The summed E-state index contributed by atoms with van der Waals surface area (Å²) >= 11 is 0. The molecular formula is C10H15N3. The fourth-order valence-electron chi connectivity index (χ4n) is 1.09. The van der Waals surface area contributed by atoms with Crippen molar-refractivity contribution >= 4 is 11.9 Å². The molecule has 0 aliphatic heterocycles. The Labute approximate surface area is 79.1 Å². The van der Waals surface area contributed by atoms with Crippen molar-refractivity contribution in [2.24, 2.45) is 0 Å². The molecule has 13 heavy (non-hydrogen) atoms. The van der Waals surface area contributed by atoms with Crippen molar-refractivity contribution in [3.63, 3.8) is 0 Å². The van der Waals surface area contributed by atoms with Gasteiger partial charge in [0.05, 0.1) is 0 Å². The van der Waals surface area contributed by atoms with Gasteiger partial charge < -0.3 is 4.90 Å². The van der Waals surface area contributed by atoms with Crippen molar-refractivity contribution in [1.82, 2.24) is 9.97 Å². The number of rotatable bonds is 3. The van der Waals surface area contributed by atoms with E-state index in [1.165, 1.54) is 0 Å². The summed E-state index contributed by atoms with van der Waals surface area (Å²) in [6.45, 7) is 5.77. The third-order valence-electron chi connectivity index (χ3n) is 1.81. The summed E-state index contributed by atoms with van der Waals surface area (Å²) < 4.78 is 0. The lowest BCUT2D eigenvalue weighted by Gasteiger charge is -2.14. The minimum Gasteiger partial charge on any atom is -0.362 e. The van der Waals surface area contributed by atoms with Gasteiger partial charge in [0.25, 0.3) is 0 Å². The van der Waals surface area contributed by atoms with Gasteiger partial charge in [-0.15, -0.1) is 0 Å². The quantitative estimate of drug-likeness (QED) is 0.704. The Bertz CT molecular complexity index is 305. The van der Waals surface area contributed by atoms with E-state index in [0.29, 0.717) is 0 Å². The highest BCUT2D eigenvalue weighted by Crippen LogP contribution is 2.15. The summed E-state index contributed by atoms with van der Waals surface area (Å²) in [7, 11) is 3.93. The molecule has 0 N–H and O–H groups in total. The number of nitrogens with zero attached hydrogens (tertiary/aromatic N) is 3. The molecule has 0 aliphatic carbocycles. The van der Waals surface area contributed by atoms with Gasteiger partial charge >= 0.3 is 0 Å². The average Bonchev–Trinajstić information content (AvgIpc) is 2.16. The Morgan fingerprint density at radius 2 is 2.23 bits per heavy atom. The van der Waals surface area contributed by atoms with E-state index < -0.39 is 0 Å². The largest absolute Gasteiger partial charge is 0.362 e. The van der Waals surface area contributed by atoms with Crippen LogP contribution in [0.5, 0.6) is 0 Å². The molecule has 1 heterocycles. The summed E-state index contributed by atoms with van der Waals surface area (Å²) in [5, 5.41) is 0. The van der Waals surface area contributed by atoms with Crippen molar-refractivity contribution in [2.45, 2.75) is 13.3 Å². The highest BCUT2D eigenvalue weighted by molar-refractivity contribution is 5.61. The number of aromatic nitrogens is 2. The van der Waals surface area contributed by atoms with Gasteiger partial charge in [-0.3, -0.25) is 0 Å². The molecule has 1 rings (SSSR count). The standard InChI is InChI=1S/C10H15N3/c1-5-8-7-11-9(6-2)12-10(8)13(3)4/h5,7H,1,6H2,2-4H3. The zero-order valence-corrected chi connectivity index (χ0v) is 8.41. The van der Waals surface area contributed by atoms with Gasteiger partial charge in [0.15, 0.2) is 0 Å². The van der Waals surface area contributed by atoms with Gasteiger partial charge in [-0.2, -0.15) is 0 Å². The lowest BCUT2D eigenvalue weighted by molar-refractivity contribution is 0.913. The highest BCUT2D eigenvalue weighted by atomic mass is 15.1. The predicted octanol–water partition coefficient (Wildman–Crippen LogP) is 1.75. The Kier molecular flexibility index (Phi) is 3.01. The molecule has 0 fully saturated rings. The van der Waals surface area contributed by atoms with E-state index in [0.717, 1.165) is 23.6 Å². The number of hydrogen-bond acceptors (Lipinski definition) is 3. The molecule has 0 bridgehead atoms. The molecule has 0 aliphatic rings. The summed E-state index contributed by atoms with van der Waals surface area (Å²) in [6, 6.07) is 0. The maximum Gasteiger partial charge on any atom is 0.139 e. The van der Waals surface area contributed by atoms with Crippen LogP contribution < -0.4 is 4.90 Å². The Morgan fingerprint density at radius 3 is 2.69 bits per heavy atom. The monoisotopic (exact) mass is 177 g/mol. The molecule has 0 unspecified atom stereocenters. The van der Waals surface area contributed by atoms with Gasteiger partial charge in [0.1, 0.15) is 11.6 Å². The second kappa shape index (κ2) is 4.03. The number of aryl methyl sites for hydroxylation is 1. The van der Waals surface area contributed by atoms with E-state index in [9.17, 15) is 0 Å². The smallest absolute Gasteiger partial charge is 0.139 e. The molecule has 70 valence electrons. The zero-order valence-electron chi connectivity index (χ0n) is 8.41. The molecule has 0 radical (unpaired) electrons. The lowest BCUT2D eigenvalue weighted by Crippen LogP contribution is -2.13. The maximum atomic E-state index is 4.41. The molecule has 0 amide bonds. The third-order valence-corrected chi connectivity index (χ3v) is 1.81. The molecule has 1 aromatic rings. The fourth-order valence-corrected chi connectivity index (χ4v) is 1.09. The molecule has 3 heteroatoms. The van der Waals surface area contributed by atoms with Gasteiger partial charge in [-0.25, -0.2) is 9.97 Å². The topological polar surface area (TPSA) is 29.0 Å². The van der Waals surface area contributed by atoms with Gasteiger partial charge in [-0.05, 0) is 0 Å². The minimum atomic E-state index is 0.859. The summed E-state index contributed by atoms with van der Waals surface area (Å²) in [4.78, 5) is 10.6. The van der Waals surface area contributed by atoms with Crippen LogP contribution in [0.4, 0.5) is 5.82 Å². The normalized spacial score (nSPS) is 9.77. The van der Waals surface area contributed by atoms with Crippen LogP contribution in [0.15, 0.2) is 12.8 Å². The van der Waals surface area contributed by atoms with Crippen molar-refractivity contribution in [3.8, 4) is 0 Å². The summed E-state index contributed by atoms with van der Waals surface area (Å²) in [5.74, 6) is 1.80. The Balaban J connectivity index is 3.17. The molecule has 1 aromatic heterocycles. The van der Waals surface area contributed by atoms with E-state index in [1.807, 2.05) is 32.1 Å². The molecule has 0 saturated heterocycles. The number of anilines is 1. The minimum absolute atomic E-state index is 0.859. The van der Waals surface area contributed by atoms with Crippen LogP contribution >= 0.6 is 0 Å². The Hall–Kier alpha value is -1.38.